The number of fused-ring (bicyclic) bond motifs is 1. The van der Waals surface area contributed by atoms with Crippen LogP contribution in [0.2, 0.25) is 5.02 Å². The number of sulfonamides is 1. The molecule has 0 radical (unpaired) electrons. The number of ether oxygens (including phenoxy) is 2. The first kappa shape index (κ1) is 18.0. The third kappa shape index (κ3) is 4.07. The summed E-state index contributed by atoms with van der Waals surface area (Å²) < 4.78 is 38.2. The third-order valence-electron chi connectivity index (χ3n) is 3.90. The number of rotatable bonds is 5. The molecule has 2 aromatic carbocycles. The van der Waals surface area contributed by atoms with Crippen molar-refractivity contribution in [1.29, 1.82) is 0 Å². The van der Waals surface area contributed by atoms with E-state index in [1.165, 1.54) is 19.1 Å². The number of halogens is 1. The SMILES string of the molecule is CC(O)(CNS(=O)(=O)c1ccc2c(c1)OCCO2)c1ccc(Cl)cc1. The summed E-state index contributed by atoms with van der Waals surface area (Å²) in [5, 5.41) is 11.1. The van der Waals surface area contributed by atoms with E-state index in [-0.39, 0.29) is 11.4 Å². The van der Waals surface area contributed by atoms with Crippen LogP contribution in [-0.4, -0.2) is 33.3 Å². The molecule has 0 spiro atoms. The molecule has 1 aliphatic heterocycles. The van der Waals surface area contributed by atoms with Gasteiger partial charge in [0, 0.05) is 17.6 Å². The van der Waals surface area contributed by atoms with Gasteiger partial charge in [0.1, 0.15) is 18.8 Å². The predicted octanol–water partition coefficient (Wildman–Crippen LogP) is 2.30. The molecule has 1 atom stereocenters. The van der Waals surface area contributed by atoms with Gasteiger partial charge in [-0.3, -0.25) is 0 Å². The second-order valence-electron chi connectivity index (χ2n) is 5.91. The summed E-state index contributed by atoms with van der Waals surface area (Å²) >= 11 is 5.83. The van der Waals surface area contributed by atoms with Crippen LogP contribution < -0.4 is 14.2 Å². The molecule has 0 saturated heterocycles. The van der Waals surface area contributed by atoms with E-state index in [1.807, 2.05) is 0 Å². The molecule has 0 aromatic heterocycles. The van der Waals surface area contributed by atoms with Crippen molar-refractivity contribution in [1.82, 2.24) is 4.72 Å². The minimum atomic E-state index is -3.81. The number of nitrogens with one attached hydrogen (secondary N) is 1. The third-order valence-corrected chi connectivity index (χ3v) is 5.55. The molecular weight excluding hydrogens is 366 g/mol. The van der Waals surface area contributed by atoms with Crippen LogP contribution in [0.1, 0.15) is 12.5 Å². The van der Waals surface area contributed by atoms with Gasteiger partial charge < -0.3 is 14.6 Å². The molecule has 25 heavy (non-hydrogen) atoms. The monoisotopic (exact) mass is 383 g/mol. The second kappa shape index (κ2) is 6.84. The van der Waals surface area contributed by atoms with Crippen molar-refractivity contribution in [3.8, 4) is 11.5 Å². The normalized spacial score (nSPS) is 16.3. The van der Waals surface area contributed by atoms with Crippen LogP contribution in [0.4, 0.5) is 0 Å². The van der Waals surface area contributed by atoms with Gasteiger partial charge in [0.05, 0.1) is 4.90 Å². The highest BCUT2D eigenvalue weighted by Gasteiger charge is 2.27. The highest BCUT2D eigenvalue weighted by Crippen LogP contribution is 2.32. The number of hydrogen-bond donors (Lipinski definition) is 2. The molecule has 0 aliphatic carbocycles. The van der Waals surface area contributed by atoms with E-state index < -0.39 is 15.6 Å². The molecule has 0 bridgehead atoms. The summed E-state index contributed by atoms with van der Waals surface area (Å²) in [6.07, 6.45) is 0. The molecule has 0 fully saturated rings. The lowest BCUT2D eigenvalue weighted by molar-refractivity contribution is 0.0627. The molecule has 3 rings (SSSR count). The molecule has 1 aliphatic rings. The summed E-state index contributed by atoms with van der Waals surface area (Å²) in [6, 6.07) is 11.0. The Balaban J connectivity index is 1.76. The molecule has 8 heteroatoms. The summed E-state index contributed by atoms with van der Waals surface area (Å²) in [6.45, 7) is 2.14. The van der Waals surface area contributed by atoms with Gasteiger partial charge >= 0.3 is 0 Å². The van der Waals surface area contributed by atoms with Crippen molar-refractivity contribution < 1.29 is 23.0 Å². The van der Waals surface area contributed by atoms with Gasteiger partial charge in [-0.05, 0) is 36.8 Å². The Hall–Kier alpha value is -1.80. The van der Waals surface area contributed by atoms with Gasteiger partial charge in [0.25, 0.3) is 0 Å². The predicted molar refractivity (Wildman–Crippen MR) is 93.6 cm³/mol. The Bertz CT molecular complexity index is 865. The van der Waals surface area contributed by atoms with E-state index in [0.717, 1.165) is 0 Å². The maximum absolute atomic E-state index is 12.5. The molecule has 1 unspecified atom stereocenters. The second-order valence-corrected chi connectivity index (χ2v) is 8.11. The average Bonchev–Trinajstić information content (AvgIpc) is 2.60. The summed E-state index contributed by atoms with van der Waals surface area (Å²) in [5.41, 5.74) is -0.826. The number of benzene rings is 2. The zero-order valence-electron chi connectivity index (χ0n) is 13.5. The largest absolute Gasteiger partial charge is 0.486 e. The first-order chi connectivity index (χ1) is 11.8. The van der Waals surface area contributed by atoms with Crippen molar-refractivity contribution in [3.05, 3.63) is 53.1 Å². The zero-order chi connectivity index (χ0) is 18.1. The zero-order valence-corrected chi connectivity index (χ0v) is 15.1. The summed E-state index contributed by atoms with van der Waals surface area (Å²) in [4.78, 5) is 0.0451. The minimum absolute atomic E-state index is 0.0451. The molecule has 1 heterocycles. The molecule has 2 aromatic rings. The van der Waals surface area contributed by atoms with Crippen LogP contribution in [0, 0.1) is 0 Å². The van der Waals surface area contributed by atoms with E-state index in [1.54, 1.807) is 30.3 Å². The van der Waals surface area contributed by atoms with E-state index in [9.17, 15) is 13.5 Å². The summed E-state index contributed by atoms with van der Waals surface area (Å²) in [5.74, 6) is 0.900. The first-order valence-corrected chi connectivity index (χ1v) is 9.52. The van der Waals surface area contributed by atoms with Crippen LogP contribution >= 0.6 is 11.6 Å². The van der Waals surface area contributed by atoms with Gasteiger partial charge in [-0.1, -0.05) is 23.7 Å². The quantitative estimate of drug-likeness (QED) is 0.827. The van der Waals surface area contributed by atoms with E-state index in [4.69, 9.17) is 21.1 Å². The first-order valence-electron chi connectivity index (χ1n) is 7.66. The Morgan fingerprint density at radius 2 is 1.76 bits per heavy atom. The van der Waals surface area contributed by atoms with Crippen LogP contribution in [0.15, 0.2) is 47.4 Å². The van der Waals surface area contributed by atoms with Gasteiger partial charge in [-0.15, -0.1) is 0 Å². The maximum Gasteiger partial charge on any atom is 0.240 e. The number of aliphatic hydroxyl groups is 1. The van der Waals surface area contributed by atoms with Crippen molar-refractivity contribution in [3.63, 3.8) is 0 Å². The van der Waals surface area contributed by atoms with Crippen LogP contribution in [0.25, 0.3) is 0 Å². The lowest BCUT2D eigenvalue weighted by Gasteiger charge is -2.24. The van der Waals surface area contributed by atoms with Crippen LogP contribution in [0.5, 0.6) is 11.5 Å². The molecule has 2 N–H and O–H groups in total. The smallest absolute Gasteiger partial charge is 0.240 e. The Morgan fingerprint density at radius 1 is 1.12 bits per heavy atom. The Kier molecular flexibility index (Phi) is 4.92. The van der Waals surface area contributed by atoms with E-state index in [0.29, 0.717) is 35.3 Å². The topological polar surface area (TPSA) is 84.9 Å². The lowest BCUT2D eigenvalue weighted by Crippen LogP contribution is -2.38. The summed E-state index contributed by atoms with van der Waals surface area (Å²) in [7, 11) is -3.81. The Labute approximate surface area is 151 Å². The van der Waals surface area contributed by atoms with Crippen molar-refractivity contribution in [2.45, 2.75) is 17.4 Å². The van der Waals surface area contributed by atoms with Gasteiger partial charge in [0.15, 0.2) is 11.5 Å². The molecule has 0 saturated carbocycles. The highest BCUT2D eigenvalue weighted by atomic mass is 35.5. The van der Waals surface area contributed by atoms with Crippen LogP contribution in [-0.2, 0) is 15.6 Å². The van der Waals surface area contributed by atoms with E-state index in [2.05, 4.69) is 4.72 Å². The molecule has 6 nitrogen and oxygen atoms in total. The fourth-order valence-electron chi connectivity index (χ4n) is 2.42. The fourth-order valence-corrected chi connectivity index (χ4v) is 3.69. The highest BCUT2D eigenvalue weighted by molar-refractivity contribution is 7.89. The van der Waals surface area contributed by atoms with Crippen molar-refractivity contribution >= 4 is 21.6 Å². The van der Waals surface area contributed by atoms with E-state index >= 15 is 0 Å². The van der Waals surface area contributed by atoms with Crippen LogP contribution in [0.3, 0.4) is 0 Å². The van der Waals surface area contributed by atoms with Crippen molar-refractivity contribution in [2.75, 3.05) is 19.8 Å². The number of hydrogen-bond acceptors (Lipinski definition) is 5. The average molecular weight is 384 g/mol. The lowest BCUT2D eigenvalue weighted by atomic mass is 9.97. The minimum Gasteiger partial charge on any atom is -0.486 e. The molecule has 134 valence electrons. The standard InChI is InChI=1S/C17H18ClNO5S/c1-17(20,12-2-4-13(18)5-3-12)11-19-25(21,22)14-6-7-15-16(10-14)24-9-8-23-15/h2-7,10,19-20H,8-9,11H2,1H3. The Morgan fingerprint density at radius 3 is 2.44 bits per heavy atom. The van der Waals surface area contributed by atoms with Gasteiger partial charge in [-0.2, -0.15) is 0 Å². The van der Waals surface area contributed by atoms with Crippen molar-refractivity contribution in [2.24, 2.45) is 0 Å². The van der Waals surface area contributed by atoms with Gasteiger partial charge in [0.2, 0.25) is 10.0 Å². The van der Waals surface area contributed by atoms with Gasteiger partial charge in [-0.25, -0.2) is 13.1 Å². The maximum atomic E-state index is 12.5. The fraction of sp³-hybridized carbons (Fsp3) is 0.294. The molecular formula is C17H18ClNO5S. The molecule has 0 amide bonds.